The van der Waals surface area contributed by atoms with Crippen LogP contribution in [0.15, 0.2) is 24.3 Å². The van der Waals surface area contributed by atoms with E-state index in [-0.39, 0.29) is 6.03 Å². The van der Waals surface area contributed by atoms with E-state index in [2.05, 4.69) is 27.2 Å². The number of hydrogen-bond donors (Lipinski definition) is 2. The molecule has 134 valence electrons. The van der Waals surface area contributed by atoms with Crippen molar-refractivity contribution >= 4 is 17.1 Å². The minimum Gasteiger partial charge on any atom is -0.342 e. The Labute approximate surface area is 148 Å². The monoisotopic (exact) mass is 341 g/mol. The minimum atomic E-state index is 0.0885. The molecule has 3 heterocycles. The molecule has 2 aliphatic heterocycles. The van der Waals surface area contributed by atoms with E-state index in [1.54, 1.807) is 0 Å². The molecule has 2 saturated heterocycles. The predicted octanol–water partition coefficient (Wildman–Crippen LogP) is 2.37. The fraction of sp³-hybridized carbons (Fsp3) is 0.579. The topological polar surface area (TPSA) is 64.3 Å². The second kappa shape index (κ2) is 7.04. The molecule has 6 nitrogen and oxygen atoms in total. The molecule has 2 aromatic rings. The Hall–Kier alpha value is -2.08. The lowest BCUT2D eigenvalue weighted by Gasteiger charge is -2.26. The zero-order valence-corrected chi connectivity index (χ0v) is 14.9. The maximum Gasteiger partial charge on any atom is 0.317 e. The highest BCUT2D eigenvalue weighted by atomic mass is 16.2. The van der Waals surface area contributed by atoms with E-state index < -0.39 is 0 Å². The molecule has 2 N–H and O–H groups in total. The van der Waals surface area contributed by atoms with Crippen LogP contribution in [0.25, 0.3) is 11.0 Å². The standard InChI is InChI=1S/C19H27N5O/c1-23-14-8-9-15(23)13-24(12-10-14)19(25)20-11-4-7-18-21-16-5-2-3-6-17(16)22-18/h2-3,5-6,14-15H,4,7-13H2,1H3,(H,20,25)(H,21,22). The number of rotatable bonds is 4. The summed E-state index contributed by atoms with van der Waals surface area (Å²) in [4.78, 5) is 24.8. The second-order valence-corrected chi connectivity index (χ2v) is 7.32. The molecule has 1 aromatic heterocycles. The van der Waals surface area contributed by atoms with E-state index in [0.29, 0.717) is 18.6 Å². The van der Waals surface area contributed by atoms with Gasteiger partial charge in [0.2, 0.25) is 0 Å². The largest absolute Gasteiger partial charge is 0.342 e. The van der Waals surface area contributed by atoms with Crippen molar-refractivity contribution in [3.05, 3.63) is 30.1 Å². The van der Waals surface area contributed by atoms with Crippen LogP contribution in [0.4, 0.5) is 4.79 Å². The van der Waals surface area contributed by atoms with Gasteiger partial charge in [-0.3, -0.25) is 4.90 Å². The first-order valence-corrected chi connectivity index (χ1v) is 9.39. The molecule has 2 bridgehead atoms. The summed E-state index contributed by atoms with van der Waals surface area (Å²) in [7, 11) is 2.21. The van der Waals surface area contributed by atoms with Crippen LogP contribution in [0.3, 0.4) is 0 Å². The van der Waals surface area contributed by atoms with E-state index in [9.17, 15) is 4.79 Å². The summed E-state index contributed by atoms with van der Waals surface area (Å²) in [5.74, 6) is 0.990. The van der Waals surface area contributed by atoms with Gasteiger partial charge in [0, 0.05) is 38.1 Å². The van der Waals surface area contributed by atoms with Gasteiger partial charge in [-0.2, -0.15) is 0 Å². The second-order valence-electron chi connectivity index (χ2n) is 7.32. The van der Waals surface area contributed by atoms with Crippen LogP contribution in [-0.2, 0) is 6.42 Å². The number of H-pyrrole nitrogens is 1. The number of carbonyl (C=O) groups excluding carboxylic acids is 1. The highest BCUT2D eigenvalue weighted by molar-refractivity contribution is 5.75. The van der Waals surface area contributed by atoms with E-state index in [0.717, 1.165) is 49.2 Å². The normalized spacial score (nSPS) is 23.8. The quantitative estimate of drug-likeness (QED) is 0.839. The smallest absolute Gasteiger partial charge is 0.317 e. The number of aryl methyl sites for hydroxylation is 1. The molecule has 6 heteroatoms. The lowest BCUT2D eigenvalue weighted by molar-refractivity contribution is 0.188. The zero-order valence-electron chi connectivity index (χ0n) is 14.9. The number of hydrogen-bond acceptors (Lipinski definition) is 3. The Morgan fingerprint density at radius 2 is 2.12 bits per heavy atom. The molecular weight excluding hydrogens is 314 g/mol. The third-order valence-electron chi connectivity index (χ3n) is 5.74. The molecule has 0 aliphatic carbocycles. The first-order chi connectivity index (χ1) is 12.2. The molecule has 0 spiro atoms. The summed E-state index contributed by atoms with van der Waals surface area (Å²) < 4.78 is 0. The van der Waals surface area contributed by atoms with Gasteiger partial charge in [0.1, 0.15) is 5.82 Å². The van der Waals surface area contributed by atoms with Crippen molar-refractivity contribution in [2.45, 2.75) is 44.2 Å². The number of aromatic amines is 1. The van der Waals surface area contributed by atoms with Gasteiger partial charge >= 0.3 is 6.03 Å². The number of likely N-dealkylation sites (N-methyl/N-ethyl adjacent to an activating group) is 1. The van der Waals surface area contributed by atoms with Crippen LogP contribution >= 0.6 is 0 Å². The van der Waals surface area contributed by atoms with Crippen LogP contribution in [-0.4, -0.2) is 64.6 Å². The highest BCUT2D eigenvalue weighted by Gasteiger charge is 2.35. The number of fused-ring (bicyclic) bond motifs is 3. The van der Waals surface area contributed by atoms with Crippen molar-refractivity contribution in [3.8, 4) is 0 Å². The summed E-state index contributed by atoms with van der Waals surface area (Å²) in [6.07, 6.45) is 5.35. The van der Waals surface area contributed by atoms with Crippen LogP contribution in [0.1, 0.15) is 31.5 Å². The van der Waals surface area contributed by atoms with Crippen LogP contribution in [0.2, 0.25) is 0 Å². The van der Waals surface area contributed by atoms with Crippen LogP contribution < -0.4 is 5.32 Å². The van der Waals surface area contributed by atoms with Gasteiger partial charge in [0.25, 0.3) is 0 Å². The first-order valence-electron chi connectivity index (χ1n) is 9.39. The lowest BCUT2D eigenvalue weighted by atomic mass is 10.1. The van der Waals surface area contributed by atoms with E-state index in [1.165, 1.54) is 12.8 Å². The number of urea groups is 1. The van der Waals surface area contributed by atoms with E-state index in [1.807, 2.05) is 29.2 Å². The SMILES string of the molecule is CN1C2CCC1CN(C(=O)NCCCc1nc3ccccc3[nH]1)CC2. The molecule has 2 amide bonds. The Morgan fingerprint density at radius 1 is 1.28 bits per heavy atom. The molecule has 2 fully saturated rings. The van der Waals surface area contributed by atoms with Gasteiger partial charge in [0.15, 0.2) is 0 Å². The van der Waals surface area contributed by atoms with Crippen molar-refractivity contribution in [3.63, 3.8) is 0 Å². The maximum atomic E-state index is 12.5. The Balaban J connectivity index is 1.23. The Morgan fingerprint density at radius 3 is 3.00 bits per heavy atom. The number of carbonyl (C=O) groups is 1. The first kappa shape index (κ1) is 16.4. The summed E-state index contributed by atoms with van der Waals surface area (Å²) in [6.45, 7) is 2.43. The highest BCUT2D eigenvalue weighted by Crippen LogP contribution is 2.28. The number of para-hydroxylation sites is 2. The zero-order chi connectivity index (χ0) is 17.2. The van der Waals surface area contributed by atoms with Crippen molar-refractivity contribution in [2.75, 3.05) is 26.7 Å². The van der Waals surface area contributed by atoms with E-state index >= 15 is 0 Å². The summed E-state index contributed by atoms with van der Waals surface area (Å²) in [5, 5.41) is 3.09. The van der Waals surface area contributed by atoms with Crippen molar-refractivity contribution in [1.29, 1.82) is 0 Å². The third kappa shape index (κ3) is 3.49. The molecule has 0 radical (unpaired) electrons. The van der Waals surface area contributed by atoms with Gasteiger partial charge in [-0.05, 0) is 44.9 Å². The predicted molar refractivity (Wildman–Crippen MR) is 98.6 cm³/mol. The third-order valence-corrected chi connectivity index (χ3v) is 5.74. The number of nitrogens with one attached hydrogen (secondary N) is 2. The molecule has 2 aliphatic rings. The molecule has 2 atom stereocenters. The summed E-state index contributed by atoms with van der Waals surface area (Å²) in [6, 6.07) is 9.35. The average Bonchev–Trinajstić information content (AvgIpc) is 3.11. The number of aromatic nitrogens is 2. The molecule has 4 rings (SSSR count). The number of benzene rings is 1. The number of amides is 2. The molecular formula is C19H27N5O. The molecule has 25 heavy (non-hydrogen) atoms. The van der Waals surface area contributed by atoms with Gasteiger partial charge in [-0.25, -0.2) is 9.78 Å². The minimum absolute atomic E-state index is 0.0885. The van der Waals surface area contributed by atoms with Crippen molar-refractivity contribution < 1.29 is 4.79 Å². The van der Waals surface area contributed by atoms with Crippen molar-refractivity contribution in [2.24, 2.45) is 0 Å². The number of nitrogens with zero attached hydrogens (tertiary/aromatic N) is 3. The average molecular weight is 341 g/mol. The summed E-state index contributed by atoms with van der Waals surface area (Å²) >= 11 is 0. The van der Waals surface area contributed by atoms with Gasteiger partial charge in [0.05, 0.1) is 11.0 Å². The Kier molecular flexibility index (Phi) is 4.61. The number of imidazole rings is 1. The van der Waals surface area contributed by atoms with Crippen LogP contribution in [0, 0.1) is 0 Å². The van der Waals surface area contributed by atoms with Crippen molar-refractivity contribution in [1.82, 2.24) is 25.1 Å². The fourth-order valence-corrected chi connectivity index (χ4v) is 4.18. The fourth-order valence-electron chi connectivity index (χ4n) is 4.18. The molecule has 0 saturated carbocycles. The Bertz CT molecular complexity index is 709. The maximum absolute atomic E-state index is 12.5. The lowest BCUT2D eigenvalue weighted by Crippen LogP contribution is -2.45. The number of likely N-dealkylation sites (tertiary alicyclic amines) is 1. The van der Waals surface area contributed by atoms with Gasteiger partial charge in [-0.15, -0.1) is 0 Å². The van der Waals surface area contributed by atoms with Crippen LogP contribution in [0.5, 0.6) is 0 Å². The molecule has 2 unspecified atom stereocenters. The van der Waals surface area contributed by atoms with Gasteiger partial charge < -0.3 is 15.2 Å². The molecule has 1 aromatic carbocycles. The van der Waals surface area contributed by atoms with E-state index in [4.69, 9.17) is 0 Å². The summed E-state index contributed by atoms with van der Waals surface area (Å²) in [5.41, 5.74) is 2.08. The van der Waals surface area contributed by atoms with Gasteiger partial charge in [-0.1, -0.05) is 12.1 Å².